The molecule has 0 aliphatic rings. The fraction of sp³-hybridized carbons (Fsp3) is 0.636. The van der Waals surface area contributed by atoms with E-state index < -0.39 is 11.9 Å². The molecule has 0 bridgehead atoms. The summed E-state index contributed by atoms with van der Waals surface area (Å²) in [6, 6.07) is 0. The van der Waals surface area contributed by atoms with Crippen LogP contribution in [0.25, 0.3) is 0 Å². The Hall–Kier alpha value is -1.16. The summed E-state index contributed by atoms with van der Waals surface area (Å²) in [6.45, 7) is 1.98. The third-order valence-electron chi connectivity index (χ3n) is 2.10. The summed E-state index contributed by atoms with van der Waals surface area (Å²) >= 11 is 0. The van der Waals surface area contributed by atoms with Crippen molar-refractivity contribution < 1.29 is 14.7 Å². The van der Waals surface area contributed by atoms with E-state index in [1.165, 1.54) is 0 Å². The van der Waals surface area contributed by atoms with Crippen LogP contribution in [0, 0.1) is 5.92 Å². The Morgan fingerprint density at radius 1 is 1.47 bits per heavy atom. The lowest BCUT2D eigenvalue weighted by molar-refractivity contribution is -0.139. The van der Waals surface area contributed by atoms with Crippen molar-refractivity contribution in [3.05, 3.63) is 12.2 Å². The Morgan fingerprint density at radius 3 is 2.60 bits per heavy atom. The highest BCUT2D eigenvalue weighted by Crippen LogP contribution is 2.08. The molecule has 4 nitrogen and oxygen atoms in total. The maximum absolute atomic E-state index is 11.3. The van der Waals surface area contributed by atoms with E-state index in [1.54, 1.807) is 6.08 Å². The van der Waals surface area contributed by atoms with Gasteiger partial charge in [0.25, 0.3) is 0 Å². The van der Waals surface area contributed by atoms with E-state index in [9.17, 15) is 9.59 Å². The zero-order valence-corrected chi connectivity index (χ0v) is 9.11. The smallest absolute Gasteiger partial charge is 0.304 e. The van der Waals surface area contributed by atoms with Crippen LogP contribution in [0.2, 0.25) is 0 Å². The second-order valence-electron chi connectivity index (χ2n) is 3.45. The third kappa shape index (κ3) is 6.85. The van der Waals surface area contributed by atoms with Crippen molar-refractivity contribution in [3.8, 4) is 0 Å². The number of hydrogen-bond acceptors (Lipinski definition) is 3. The molecule has 1 atom stereocenters. The monoisotopic (exact) mass is 213 g/mol. The molecule has 1 unspecified atom stereocenters. The number of carboxylic acid groups (broad SMARTS) is 1. The Balaban J connectivity index is 4.17. The van der Waals surface area contributed by atoms with Crippen LogP contribution in [0.1, 0.15) is 32.6 Å². The van der Waals surface area contributed by atoms with Gasteiger partial charge in [-0.2, -0.15) is 0 Å². The zero-order chi connectivity index (χ0) is 11.7. The third-order valence-corrected chi connectivity index (χ3v) is 2.10. The first kappa shape index (κ1) is 13.8. The van der Waals surface area contributed by atoms with Crippen LogP contribution < -0.4 is 5.73 Å². The van der Waals surface area contributed by atoms with Crippen LogP contribution in [0.15, 0.2) is 12.2 Å². The Labute approximate surface area is 90.2 Å². The number of carbonyl (C=O) groups is 2. The molecule has 0 aliphatic carbocycles. The summed E-state index contributed by atoms with van der Waals surface area (Å²) in [7, 11) is 0. The molecular formula is C11H19NO3. The number of carbonyl (C=O) groups excluding carboxylic acids is 1. The maximum Gasteiger partial charge on any atom is 0.304 e. The molecule has 0 saturated carbocycles. The van der Waals surface area contributed by atoms with E-state index in [0.717, 1.165) is 19.3 Å². The van der Waals surface area contributed by atoms with E-state index in [0.29, 0.717) is 0 Å². The van der Waals surface area contributed by atoms with Gasteiger partial charge in [-0.25, -0.2) is 0 Å². The molecule has 0 amide bonds. The van der Waals surface area contributed by atoms with Crippen LogP contribution >= 0.6 is 0 Å². The average molecular weight is 213 g/mol. The normalized spacial score (nSPS) is 12.9. The van der Waals surface area contributed by atoms with Crippen molar-refractivity contribution in [3.63, 3.8) is 0 Å². The minimum absolute atomic E-state index is 0.101. The Bertz CT molecular complexity index is 236. The summed E-state index contributed by atoms with van der Waals surface area (Å²) in [5, 5.41) is 8.60. The molecule has 0 fully saturated rings. The van der Waals surface area contributed by atoms with Crippen molar-refractivity contribution in [1.29, 1.82) is 0 Å². The molecule has 0 radical (unpaired) electrons. The fourth-order valence-corrected chi connectivity index (χ4v) is 1.21. The molecule has 0 aromatic heterocycles. The molecule has 0 saturated heterocycles. The highest BCUT2D eigenvalue weighted by Gasteiger charge is 2.16. The van der Waals surface area contributed by atoms with Gasteiger partial charge in [-0.05, 0) is 6.42 Å². The second kappa shape index (κ2) is 8.17. The molecule has 0 aromatic rings. The molecule has 86 valence electrons. The molecule has 0 aromatic carbocycles. The first-order valence-corrected chi connectivity index (χ1v) is 5.23. The second-order valence-corrected chi connectivity index (χ2v) is 3.45. The maximum atomic E-state index is 11.3. The summed E-state index contributed by atoms with van der Waals surface area (Å²) in [5.41, 5.74) is 5.20. The number of hydrogen-bond donors (Lipinski definition) is 2. The lowest BCUT2D eigenvalue weighted by atomic mass is 9.99. The van der Waals surface area contributed by atoms with Gasteiger partial charge >= 0.3 is 5.97 Å². The number of allylic oxidation sites excluding steroid dienone is 2. The summed E-state index contributed by atoms with van der Waals surface area (Å²) in [5.74, 6) is -1.75. The summed E-state index contributed by atoms with van der Waals surface area (Å²) in [4.78, 5) is 21.8. The quantitative estimate of drug-likeness (QED) is 0.471. The topological polar surface area (TPSA) is 80.4 Å². The number of unbranched alkanes of at least 4 members (excludes halogenated alkanes) is 2. The first-order valence-electron chi connectivity index (χ1n) is 5.23. The van der Waals surface area contributed by atoms with Crippen molar-refractivity contribution >= 4 is 11.8 Å². The molecule has 0 rings (SSSR count). The van der Waals surface area contributed by atoms with Crippen molar-refractivity contribution in [2.24, 2.45) is 11.7 Å². The molecule has 0 heterocycles. The molecule has 3 N–H and O–H groups in total. The van der Waals surface area contributed by atoms with E-state index >= 15 is 0 Å². The van der Waals surface area contributed by atoms with E-state index in [-0.39, 0.29) is 18.7 Å². The SMILES string of the molecule is CCCC/C=C\C(CC(=O)O)C(=O)CN. The molecule has 0 aliphatic heterocycles. The first-order chi connectivity index (χ1) is 7.11. The Morgan fingerprint density at radius 2 is 2.13 bits per heavy atom. The molecule has 0 spiro atoms. The van der Waals surface area contributed by atoms with Gasteiger partial charge in [-0.15, -0.1) is 0 Å². The van der Waals surface area contributed by atoms with Crippen LogP contribution in [0.5, 0.6) is 0 Å². The number of ketones is 1. The van der Waals surface area contributed by atoms with Crippen LogP contribution in [-0.2, 0) is 9.59 Å². The molecule has 15 heavy (non-hydrogen) atoms. The van der Waals surface area contributed by atoms with Crippen molar-refractivity contribution in [2.75, 3.05) is 6.54 Å². The van der Waals surface area contributed by atoms with E-state index in [2.05, 4.69) is 6.92 Å². The lowest BCUT2D eigenvalue weighted by Gasteiger charge is -2.06. The highest BCUT2D eigenvalue weighted by atomic mass is 16.4. The van der Waals surface area contributed by atoms with E-state index in [1.807, 2.05) is 6.08 Å². The van der Waals surface area contributed by atoms with Crippen LogP contribution in [-0.4, -0.2) is 23.4 Å². The number of rotatable bonds is 8. The van der Waals surface area contributed by atoms with Crippen molar-refractivity contribution in [1.82, 2.24) is 0 Å². The van der Waals surface area contributed by atoms with Crippen LogP contribution in [0.4, 0.5) is 0 Å². The van der Waals surface area contributed by atoms with Gasteiger partial charge < -0.3 is 10.8 Å². The van der Waals surface area contributed by atoms with E-state index in [4.69, 9.17) is 10.8 Å². The van der Waals surface area contributed by atoms with Gasteiger partial charge in [-0.1, -0.05) is 31.9 Å². The van der Waals surface area contributed by atoms with Gasteiger partial charge in [0, 0.05) is 5.92 Å². The number of aliphatic carboxylic acids is 1. The zero-order valence-electron chi connectivity index (χ0n) is 9.11. The van der Waals surface area contributed by atoms with Crippen LogP contribution in [0.3, 0.4) is 0 Å². The molecular weight excluding hydrogens is 194 g/mol. The minimum Gasteiger partial charge on any atom is -0.481 e. The average Bonchev–Trinajstić information content (AvgIpc) is 2.21. The number of nitrogens with two attached hydrogens (primary N) is 1. The lowest BCUT2D eigenvalue weighted by Crippen LogP contribution is -2.24. The largest absolute Gasteiger partial charge is 0.481 e. The molecule has 4 heteroatoms. The summed E-state index contributed by atoms with van der Waals surface area (Å²) < 4.78 is 0. The van der Waals surface area contributed by atoms with Gasteiger partial charge in [-0.3, -0.25) is 9.59 Å². The minimum atomic E-state index is -0.970. The van der Waals surface area contributed by atoms with Gasteiger partial charge in [0.15, 0.2) is 5.78 Å². The summed E-state index contributed by atoms with van der Waals surface area (Å²) in [6.07, 6.45) is 6.37. The number of Topliss-reactive ketones (excluding diaryl/α,β-unsaturated/α-hetero) is 1. The predicted molar refractivity (Wildman–Crippen MR) is 58.5 cm³/mol. The van der Waals surface area contributed by atoms with Gasteiger partial charge in [0.05, 0.1) is 13.0 Å². The fourth-order valence-electron chi connectivity index (χ4n) is 1.21. The standard InChI is InChI=1S/C11H19NO3/c1-2-3-4-5-6-9(7-11(14)15)10(13)8-12/h5-6,9H,2-4,7-8,12H2,1H3,(H,14,15)/b6-5-. The Kier molecular flexibility index (Phi) is 7.54. The number of carboxylic acids is 1. The van der Waals surface area contributed by atoms with Gasteiger partial charge in [0.1, 0.15) is 0 Å². The highest BCUT2D eigenvalue weighted by molar-refractivity contribution is 5.87. The van der Waals surface area contributed by atoms with Crippen molar-refractivity contribution in [2.45, 2.75) is 32.6 Å². The predicted octanol–water partition coefficient (Wildman–Crippen LogP) is 1.35. The van der Waals surface area contributed by atoms with Gasteiger partial charge in [0.2, 0.25) is 0 Å².